The van der Waals surface area contributed by atoms with E-state index >= 15 is 0 Å². The van der Waals surface area contributed by atoms with E-state index < -0.39 is 53.7 Å². The van der Waals surface area contributed by atoms with Gasteiger partial charge in [-0.15, -0.1) is 0 Å². The summed E-state index contributed by atoms with van der Waals surface area (Å²) in [5, 5.41) is 15.6. The van der Waals surface area contributed by atoms with Gasteiger partial charge in [0.05, 0.1) is 17.2 Å². The number of aromatic nitrogens is 3. The fourth-order valence-corrected chi connectivity index (χ4v) is 5.38. The van der Waals surface area contributed by atoms with Gasteiger partial charge in [0.15, 0.2) is 5.69 Å². The SMILES string of the molecule is COC(CF)CN(CCCCc1ccc2c(n1)NCCC2)CCC(NC(=O)C1(c2nccnc2C(F)(F)F)CC1)C(=O)O. The van der Waals surface area contributed by atoms with Crippen LogP contribution >= 0.6 is 0 Å². The minimum absolute atomic E-state index is 0.0372. The van der Waals surface area contributed by atoms with E-state index in [1.165, 1.54) is 12.7 Å². The molecule has 1 amide bonds. The number of unbranched alkanes of at least 4 members (excludes halogenated alkanes) is 1. The Hall–Kier alpha value is -3.39. The summed E-state index contributed by atoms with van der Waals surface area (Å²) in [7, 11) is 1.40. The summed E-state index contributed by atoms with van der Waals surface area (Å²) in [5.74, 6) is -1.22. The third-order valence-corrected chi connectivity index (χ3v) is 8.02. The van der Waals surface area contributed by atoms with Crippen molar-refractivity contribution in [2.45, 2.75) is 75.1 Å². The van der Waals surface area contributed by atoms with E-state index in [0.29, 0.717) is 6.54 Å². The number of amides is 1. The lowest BCUT2D eigenvalue weighted by molar-refractivity contribution is -0.144. The monoisotopic (exact) mass is 610 g/mol. The number of carboxylic acid groups (broad SMARTS) is 1. The van der Waals surface area contributed by atoms with Crippen molar-refractivity contribution in [3.63, 3.8) is 0 Å². The summed E-state index contributed by atoms with van der Waals surface area (Å²) in [6.45, 7) is 1.13. The molecule has 236 valence electrons. The van der Waals surface area contributed by atoms with Gasteiger partial charge in [0.1, 0.15) is 18.5 Å². The van der Waals surface area contributed by atoms with Gasteiger partial charge in [-0.05, 0) is 69.5 Å². The number of hydrogen-bond acceptors (Lipinski definition) is 8. The number of hydrogen-bond donors (Lipinski definition) is 3. The number of nitrogens with one attached hydrogen (secondary N) is 2. The van der Waals surface area contributed by atoms with Crippen molar-refractivity contribution >= 4 is 17.7 Å². The average Bonchev–Trinajstić information content (AvgIpc) is 3.81. The number of ether oxygens (including phenoxy) is 1. The van der Waals surface area contributed by atoms with Crippen LogP contribution in [0.3, 0.4) is 0 Å². The van der Waals surface area contributed by atoms with E-state index in [-0.39, 0.29) is 32.4 Å². The first-order chi connectivity index (χ1) is 20.6. The zero-order valence-electron chi connectivity index (χ0n) is 24.1. The number of rotatable bonds is 16. The van der Waals surface area contributed by atoms with Crippen LogP contribution < -0.4 is 10.6 Å². The van der Waals surface area contributed by atoms with Crippen molar-refractivity contribution < 1.29 is 37.0 Å². The van der Waals surface area contributed by atoms with Crippen LogP contribution in [0.4, 0.5) is 23.4 Å². The van der Waals surface area contributed by atoms with Crippen molar-refractivity contribution in [2.75, 3.05) is 45.3 Å². The van der Waals surface area contributed by atoms with Crippen LogP contribution in [0.15, 0.2) is 24.5 Å². The van der Waals surface area contributed by atoms with E-state index in [2.05, 4.69) is 26.7 Å². The zero-order valence-corrected chi connectivity index (χ0v) is 24.1. The largest absolute Gasteiger partial charge is 0.480 e. The number of halogens is 4. The second kappa shape index (κ2) is 14.4. The van der Waals surface area contributed by atoms with Gasteiger partial charge in [0, 0.05) is 44.8 Å². The van der Waals surface area contributed by atoms with E-state index in [1.54, 1.807) is 0 Å². The van der Waals surface area contributed by atoms with Gasteiger partial charge in [-0.25, -0.2) is 19.2 Å². The van der Waals surface area contributed by atoms with E-state index in [0.717, 1.165) is 62.6 Å². The molecule has 2 aromatic heterocycles. The van der Waals surface area contributed by atoms with Crippen LogP contribution in [0.5, 0.6) is 0 Å². The molecule has 2 aromatic rings. The molecule has 43 heavy (non-hydrogen) atoms. The molecule has 0 radical (unpaired) electrons. The highest BCUT2D eigenvalue weighted by molar-refractivity contribution is 5.93. The third-order valence-electron chi connectivity index (χ3n) is 8.02. The van der Waals surface area contributed by atoms with Crippen molar-refractivity contribution in [1.29, 1.82) is 0 Å². The van der Waals surface area contributed by atoms with E-state index in [9.17, 15) is 32.3 Å². The first kappa shape index (κ1) is 32.5. The number of carboxylic acids is 1. The summed E-state index contributed by atoms with van der Waals surface area (Å²) in [4.78, 5) is 39.0. The Labute approximate surface area is 247 Å². The molecule has 0 bridgehead atoms. The second-order valence-corrected chi connectivity index (χ2v) is 11.1. The second-order valence-electron chi connectivity index (χ2n) is 11.1. The predicted molar refractivity (Wildman–Crippen MR) is 149 cm³/mol. The van der Waals surface area contributed by atoms with Crippen LogP contribution in [-0.2, 0) is 38.8 Å². The topological polar surface area (TPSA) is 130 Å². The number of carbonyl (C=O) groups excluding carboxylic acids is 1. The number of fused-ring (bicyclic) bond motifs is 1. The minimum Gasteiger partial charge on any atom is -0.480 e. The molecule has 2 atom stereocenters. The van der Waals surface area contributed by atoms with Gasteiger partial charge in [0.2, 0.25) is 5.91 Å². The molecular weight excluding hydrogens is 572 g/mol. The quantitative estimate of drug-likeness (QED) is 0.193. The fraction of sp³-hybridized carbons (Fsp3) is 0.621. The molecule has 3 heterocycles. The molecule has 2 aliphatic rings. The lowest BCUT2D eigenvalue weighted by atomic mass is 9.97. The van der Waals surface area contributed by atoms with E-state index in [4.69, 9.17) is 9.72 Å². The molecule has 1 fully saturated rings. The Morgan fingerprint density at radius 2 is 1.95 bits per heavy atom. The van der Waals surface area contributed by atoms with Crippen molar-refractivity contribution in [2.24, 2.45) is 0 Å². The Morgan fingerprint density at radius 1 is 1.19 bits per heavy atom. The Morgan fingerprint density at radius 3 is 2.63 bits per heavy atom. The normalized spacial score (nSPS) is 17.1. The maximum Gasteiger partial charge on any atom is 0.435 e. The zero-order chi connectivity index (χ0) is 31.0. The molecule has 3 N–H and O–H groups in total. The number of methoxy groups -OCH3 is 1. The van der Waals surface area contributed by atoms with Gasteiger partial charge < -0.3 is 25.4 Å². The lowest BCUT2D eigenvalue weighted by Crippen LogP contribution is -2.48. The number of pyridine rings is 1. The van der Waals surface area contributed by atoms with Gasteiger partial charge in [-0.1, -0.05) is 6.07 Å². The van der Waals surface area contributed by atoms with Crippen LogP contribution in [-0.4, -0.2) is 88.9 Å². The number of alkyl halides is 4. The maximum atomic E-state index is 13.5. The van der Waals surface area contributed by atoms with Crippen molar-refractivity contribution in [3.05, 3.63) is 47.2 Å². The smallest absolute Gasteiger partial charge is 0.435 e. The molecule has 0 saturated heterocycles. The Balaban J connectivity index is 1.35. The summed E-state index contributed by atoms with van der Waals surface area (Å²) < 4.78 is 59.3. The maximum absolute atomic E-state index is 13.5. The number of nitrogens with zero attached hydrogens (tertiary/aromatic N) is 4. The predicted octanol–water partition coefficient (Wildman–Crippen LogP) is 3.55. The summed E-state index contributed by atoms with van der Waals surface area (Å²) in [6.07, 6.45) is 0.994. The Kier molecular flexibility index (Phi) is 10.9. The first-order valence-electron chi connectivity index (χ1n) is 14.5. The molecule has 0 spiro atoms. The number of aryl methyl sites for hydroxylation is 2. The van der Waals surface area contributed by atoms with Gasteiger partial charge in [-0.3, -0.25) is 9.78 Å². The molecular formula is C29H38F4N6O4. The van der Waals surface area contributed by atoms with Gasteiger partial charge in [-0.2, -0.15) is 13.2 Å². The number of anilines is 1. The lowest BCUT2D eigenvalue weighted by Gasteiger charge is -2.27. The molecule has 1 aliphatic heterocycles. The van der Waals surface area contributed by atoms with Crippen molar-refractivity contribution in [3.8, 4) is 0 Å². The average molecular weight is 611 g/mol. The third kappa shape index (κ3) is 8.37. The molecule has 4 rings (SSSR count). The van der Waals surface area contributed by atoms with Crippen LogP contribution in [0.25, 0.3) is 0 Å². The van der Waals surface area contributed by atoms with Gasteiger partial charge in [0.25, 0.3) is 0 Å². The molecule has 10 nitrogen and oxygen atoms in total. The summed E-state index contributed by atoms with van der Waals surface area (Å²) in [6, 6.07) is 2.76. The highest BCUT2D eigenvalue weighted by Gasteiger charge is 2.57. The molecule has 14 heteroatoms. The molecule has 1 saturated carbocycles. The van der Waals surface area contributed by atoms with Crippen LogP contribution in [0.2, 0.25) is 0 Å². The summed E-state index contributed by atoms with van der Waals surface area (Å²) in [5.41, 5.74) is -1.15. The van der Waals surface area contributed by atoms with Crippen LogP contribution in [0.1, 0.15) is 61.2 Å². The number of carbonyl (C=O) groups is 2. The van der Waals surface area contributed by atoms with Gasteiger partial charge >= 0.3 is 12.1 Å². The standard InChI is InChI=1S/C29H38F4N6O4/c1-43-21(17-30)18-39(15-3-2-6-20-8-7-19-5-4-12-36-25(19)37-20)16-9-22(26(40)41)38-27(42)28(10-11-28)23-24(29(31,32)33)35-14-13-34-23/h7-8,13-14,21-22H,2-6,9-12,15-18H2,1H3,(H,36,37)(H,38,42)(H,40,41). The fourth-order valence-electron chi connectivity index (χ4n) is 5.38. The first-order valence-corrected chi connectivity index (χ1v) is 14.5. The summed E-state index contributed by atoms with van der Waals surface area (Å²) >= 11 is 0. The highest BCUT2D eigenvalue weighted by atomic mass is 19.4. The van der Waals surface area contributed by atoms with E-state index in [1.807, 2.05) is 11.0 Å². The molecule has 1 aliphatic carbocycles. The molecule has 0 aromatic carbocycles. The highest BCUT2D eigenvalue weighted by Crippen LogP contribution is 2.50. The Bertz CT molecular complexity index is 1260. The van der Waals surface area contributed by atoms with Crippen LogP contribution in [0, 0.1) is 0 Å². The minimum atomic E-state index is -4.81. The number of aliphatic carboxylic acids is 1. The molecule has 2 unspecified atom stereocenters. The van der Waals surface area contributed by atoms with Crippen molar-refractivity contribution in [1.82, 2.24) is 25.2 Å².